The Labute approximate surface area is 128 Å². The lowest BCUT2D eigenvalue weighted by Gasteiger charge is -2.24. The van der Waals surface area contributed by atoms with Gasteiger partial charge in [-0.05, 0) is 48.9 Å². The molecule has 0 saturated carbocycles. The van der Waals surface area contributed by atoms with Crippen LogP contribution < -0.4 is 9.47 Å². The van der Waals surface area contributed by atoms with E-state index in [4.69, 9.17) is 21.1 Å². The molecule has 1 aromatic rings. The number of methoxy groups -OCH3 is 2. The summed E-state index contributed by atoms with van der Waals surface area (Å²) in [6.45, 7) is 6.52. The van der Waals surface area contributed by atoms with Gasteiger partial charge in [0.25, 0.3) is 0 Å². The summed E-state index contributed by atoms with van der Waals surface area (Å²) < 4.78 is 10.7. The van der Waals surface area contributed by atoms with Crippen LogP contribution in [0, 0.1) is 12.8 Å². The van der Waals surface area contributed by atoms with Gasteiger partial charge in [0, 0.05) is 0 Å². The van der Waals surface area contributed by atoms with Crippen LogP contribution in [0.1, 0.15) is 56.0 Å². The average molecular weight is 299 g/mol. The molecule has 0 amide bonds. The van der Waals surface area contributed by atoms with Gasteiger partial charge in [0.15, 0.2) is 11.5 Å². The number of hydrogen-bond acceptors (Lipinski definition) is 2. The van der Waals surface area contributed by atoms with Crippen molar-refractivity contribution in [3.05, 3.63) is 23.3 Å². The summed E-state index contributed by atoms with van der Waals surface area (Å²) >= 11 is 6.76. The van der Waals surface area contributed by atoms with Crippen LogP contribution >= 0.6 is 11.6 Å². The van der Waals surface area contributed by atoms with Crippen molar-refractivity contribution < 1.29 is 9.47 Å². The molecule has 1 atom stereocenters. The lowest BCUT2D eigenvalue weighted by Crippen LogP contribution is -2.10. The molecule has 0 N–H and O–H groups in total. The van der Waals surface area contributed by atoms with E-state index in [1.165, 1.54) is 18.4 Å². The first kappa shape index (κ1) is 17.2. The van der Waals surface area contributed by atoms with E-state index in [-0.39, 0.29) is 5.38 Å². The van der Waals surface area contributed by atoms with E-state index in [9.17, 15) is 0 Å². The number of rotatable bonds is 8. The zero-order chi connectivity index (χ0) is 15.1. The first-order chi connectivity index (χ1) is 9.58. The molecule has 1 aromatic carbocycles. The van der Waals surface area contributed by atoms with Crippen LogP contribution in [0.25, 0.3) is 0 Å². The van der Waals surface area contributed by atoms with Crippen LogP contribution in [0.15, 0.2) is 12.1 Å². The Bertz CT molecular complexity index is 412. The van der Waals surface area contributed by atoms with Crippen LogP contribution in [0.5, 0.6) is 11.5 Å². The number of benzene rings is 1. The average Bonchev–Trinajstić information content (AvgIpc) is 2.46. The van der Waals surface area contributed by atoms with Crippen LogP contribution in [0.3, 0.4) is 0 Å². The zero-order valence-electron chi connectivity index (χ0n) is 13.3. The molecule has 0 spiro atoms. The van der Waals surface area contributed by atoms with Crippen molar-refractivity contribution in [3.8, 4) is 11.5 Å². The molecule has 20 heavy (non-hydrogen) atoms. The van der Waals surface area contributed by atoms with Crippen LogP contribution in [-0.2, 0) is 0 Å². The van der Waals surface area contributed by atoms with Gasteiger partial charge in [-0.1, -0.05) is 26.7 Å². The summed E-state index contributed by atoms with van der Waals surface area (Å²) in [5, 5.41) is 0.0368. The fraction of sp³-hybridized carbons (Fsp3) is 0.647. The lowest BCUT2D eigenvalue weighted by atomic mass is 9.88. The van der Waals surface area contributed by atoms with Crippen molar-refractivity contribution in [3.63, 3.8) is 0 Å². The number of alkyl halides is 1. The van der Waals surface area contributed by atoms with Gasteiger partial charge in [0.1, 0.15) is 0 Å². The minimum atomic E-state index is 0.0368. The van der Waals surface area contributed by atoms with E-state index >= 15 is 0 Å². The molecular formula is C17H27ClO2. The third-order valence-corrected chi connectivity index (χ3v) is 4.39. The van der Waals surface area contributed by atoms with E-state index in [2.05, 4.69) is 20.8 Å². The second-order valence-corrected chi connectivity index (χ2v) is 5.77. The van der Waals surface area contributed by atoms with E-state index in [0.29, 0.717) is 5.92 Å². The van der Waals surface area contributed by atoms with Crippen LogP contribution in [0.4, 0.5) is 0 Å². The third-order valence-electron chi connectivity index (χ3n) is 3.80. The quantitative estimate of drug-likeness (QED) is 0.589. The minimum Gasteiger partial charge on any atom is -0.493 e. The van der Waals surface area contributed by atoms with Gasteiger partial charge in [-0.25, -0.2) is 0 Å². The molecule has 0 aliphatic heterocycles. The van der Waals surface area contributed by atoms with Gasteiger partial charge in [-0.3, -0.25) is 0 Å². The summed E-state index contributed by atoms with van der Waals surface area (Å²) in [6, 6.07) is 4.04. The Morgan fingerprint density at radius 2 is 1.50 bits per heavy atom. The maximum absolute atomic E-state index is 6.76. The maximum atomic E-state index is 6.76. The molecule has 0 fully saturated rings. The summed E-state index contributed by atoms with van der Waals surface area (Å²) in [6.07, 6.45) is 4.66. The highest BCUT2D eigenvalue weighted by molar-refractivity contribution is 6.21. The molecule has 0 aliphatic rings. The molecule has 114 valence electrons. The van der Waals surface area contributed by atoms with E-state index < -0.39 is 0 Å². The van der Waals surface area contributed by atoms with Crippen LogP contribution in [-0.4, -0.2) is 14.2 Å². The highest BCUT2D eigenvalue weighted by Crippen LogP contribution is 2.40. The van der Waals surface area contributed by atoms with Crippen molar-refractivity contribution in [2.75, 3.05) is 14.2 Å². The van der Waals surface area contributed by atoms with Gasteiger partial charge in [-0.15, -0.1) is 11.6 Å². The smallest absolute Gasteiger partial charge is 0.161 e. The van der Waals surface area contributed by atoms with Gasteiger partial charge in [0.2, 0.25) is 0 Å². The Hall–Kier alpha value is -0.890. The fourth-order valence-electron chi connectivity index (χ4n) is 2.73. The minimum absolute atomic E-state index is 0.0368. The number of aryl methyl sites for hydroxylation is 1. The summed E-state index contributed by atoms with van der Waals surface area (Å²) in [7, 11) is 3.32. The Balaban J connectivity index is 3.09. The number of halogens is 1. The number of hydrogen-bond donors (Lipinski definition) is 0. The molecule has 0 radical (unpaired) electrons. The van der Waals surface area contributed by atoms with Crippen molar-refractivity contribution in [2.45, 2.75) is 51.8 Å². The summed E-state index contributed by atoms with van der Waals surface area (Å²) in [5.74, 6) is 2.04. The maximum Gasteiger partial charge on any atom is 0.161 e. The predicted octanol–water partition coefficient (Wildman–Crippen LogP) is 5.51. The lowest BCUT2D eigenvalue weighted by molar-refractivity contribution is 0.353. The second kappa shape index (κ2) is 8.41. The summed E-state index contributed by atoms with van der Waals surface area (Å²) in [5.41, 5.74) is 2.33. The molecule has 3 heteroatoms. The van der Waals surface area contributed by atoms with E-state index in [1.807, 2.05) is 12.1 Å². The highest BCUT2D eigenvalue weighted by atomic mass is 35.5. The van der Waals surface area contributed by atoms with Crippen molar-refractivity contribution in [1.29, 1.82) is 0 Å². The largest absolute Gasteiger partial charge is 0.493 e. The Morgan fingerprint density at radius 3 is 1.95 bits per heavy atom. The molecule has 0 bridgehead atoms. The normalized spacial score (nSPS) is 12.6. The molecule has 1 unspecified atom stereocenters. The van der Waals surface area contributed by atoms with Gasteiger partial charge in [0.05, 0.1) is 19.6 Å². The Kier molecular flexibility index (Phi) is 7.22. The second-order valence-electron chi connectivity index (χ2n) is 5.30. The molecule has 0 saturated heterocycles. The molecule has 0 heterocycles. The van der Waals surface area contributed by atoms with Gasteiger partial charge in [-0.2, -0.15) is 0 Å². The topological polar surface area (TPSA) is 18.5 Å². The standard InChI is InChI=1S/C17H27ClO2/c1-6-8-13(9-7-2)17(18)14-11-16(20-5)15(19-4)10-12(14)3/h10-11,13,17H,6-9H2,1-5H3. The molecule has 1 rings (SSSR count). The van der Waals surface area contributed by atoms with Gasteiger partial charge >= 0.3 is 0 Å². The van der Waals surface area contributed by atoms with Crippen LogP contribution in [0.2, 0.25) is 0 Å². The Morgan fingerprint density at radius 1 is 1.00 bits per heavy atom. The molecular weight excluding hydrogens is 272 g/mol. The third kappa shape index (κ3) is 4.05. The van der Waals surface area contributed by atoms with E-state index in [0.717, 1.165) is 29.9 Å². The number of ether oxygens (including phenoxy) is 2. The monoisotopic (exact) mass is 298 g/mol. The van der Waals surface area contributed by atoms with Crippen molar-refractivity contribution in [2.24, 2.45) is 5.92 Å². The SMILES string of the molecule is CCCC(CCC)C(Cl)c1cc(OC)c(OC)cc1C. The highest BCUT2D eigenvalue weighted by Gasteiger charge is 2.23. The van der Waals surface area contributed by atoms with Crippen molar-refractivity contribution >= 4 is 11.6 Å². The summed E-state index contributed by atoms with van der Waals surface area (Å²) in [4.78, 5) is 0. The molecule has 0 aliphatic carbocycles. The zero-order valence-corrected chi connectivity index (χ0v) is 14.1. The van der Waals surface area contributed by atoms with Crippen molar-refractivity contribution in [1.82, 2.24) is 0 Å². The first-order valence-electron chi connectivity index (χ1n) is 7.45. The molecule has 2 nitrogen and oxygen atoms in total. The van der Waals surface area contributed by atoms with Gasteiger partial charge < -0.3 is 9.47 Å². The predicted molar refractivity (Wildman–Crippen MR) is 86.2 cm³/mol. The van der Waals surface area contributed by atoms with E-state index in [1.54, 1.807) is 14.2 Å². The first-order valence-corrected chi connectivity index (χ1v) is 7.89. The molecule has 0 aromatic heterocycles. The fourth-order valence-corrected chi connectivity index (χ4v) is 3.21.